The number of hydrogen-bond acceptors (Lipinski definition) is 2. The van der Waals surface area contributed by atoms with Crippen molar-refractivity contribution in [3.8, 4) is 0 Å². The minimum Gasteiger partial charge on any atom is -0.312 e. The Morgan fingerprint density at radius 3 is 2.20 bits per heavy atom. The molecule has 1 aliphatic carbocycles. The van der Waals surface area contributed by atoms with Crippen LogP contribution in [0.2, 0.25) is 0 Å². The van der Waals surface area contributed by atoms with Crippen LogP contribution in [-0.4, -0.2) is 12.0 Å². The summed E-state index contributed by atoms with van der Waals surface area (Å²) in [7, 11) is 0. The van der Waals surface area contributed by atoms with E-state index in [4.69, 9.17) is 5.84 Å². The first-order chi connectivity index (χ1) is 9.50. The molecule has 0 unspecified atom stereocenters. The van der Waals surface area contributed by atoms with Crippen LogP contribution in [0.15, 0.2) is 35.3 Å². The van der Waals surface area contributed by atoms with Crippen molar-refractivity contribution in [3.05, 3.63) is 30.3 Å². The van der Waals surface area contributed by atoms with Crippen LogP contribution in [0.5, 0.6) is 0 Å². The van der Waals surface area contributed by atoms with Crippen LogP contribution >= 0.6 is 0 Å². The average molecular weight is 285 g/mol. The molecule has 2 rings (SSSR count). The van der Waals surface area contributed by atoms with Gasteiger partial charge in [0.1, 0.15) is 5.84 Å². The van der Waals surface area contributed by atoms with Crippen molar-refractivity contribution >= 4 is 11.5 Å². The number of para-hydroxylation sites is 1. The zero-order valence-electron chi connectivity index (χ0n) is 11.0. The first-order valence-electron chi connectivity index (χ1n) is 6.67. The van der Waals surface area contributed by atoms with E-state index in [9.17, 15) is 13.2 Å². The van der Waals surface area contributed by atoms with Gasteiger partial charge in [0.25, 0.3) is 0 Å². The molecule has 0 atom stereocenters. The Bertz CT molecular complexity index is 448. The molecule has 1 aliphatic rings. The number of nitrogens with one attached hydrogen (secondary N) is 1. The van der Waals surface area contributed by atoms with E-state index in [2.05, 4.69) is 10.4 Å². The van der Waals surface area contributed by atoms with E-state index < -0.39 is 12.1 Å². The standard InChI is InChI=1S/C14H18F3N3/c15-14(16,17)11-8-6-10(7-9-11)13(20-18)19-12-4-2-1-3-5-12/h1-5,10-11H,6-9,18H2,(H,19,20). The van der Waals surface area contributed by atoms with Gasteiger partial charge in [-0.05, 0) is 37.8 Å². The van der Waals surface area contributed by atoms with Crippen molar-refractivity contribution in [2.45, 2.75) is 31.9 Å². The van der Waals surface area contributed by atoms with Crippen LogP contribution in [0, 0.1) is 11.8 Å². The van der Waals surface area contributed by atoms with Crippen molar-refractivity contribution in [3.63, 3.8) is 0 Å². The Hall–Kier alpha value is -1.56. The number of aliphatic imine (C=N–C) groups is 1. The van der Waals surface area contributed by atoms with Crippen LogP contribution in [0.4, 0.5) is 18.9 Å². The Balaban J connectivity index is 2.03. The summed E-state index contributed by atoms with van der Waals surface area (Å²) in [4.78, 5) is 4.39. The van der Waals surface area contributed by atoms with Gasteiger partial charge in [0, 0.05) is 5.92 Å². The monoisotopic (exact) mass is 285 g/mol. The van der Waals surface area contributed by atoms with E-state index in [0.29, 0.717) is 18.7 Å². The highest BCUT2D eigenvalue weighted by atomic mass is 19.4. The van der Waals surface area contributed by atoms with Crippen molar-refractivity contribution in [1.29, 1.82) is 0 Å². The Morgan fingerprint density at radius 2 is 1.70 bits per heavy atom. The normalized spacial score (nSPS) is 24.5. The first kappa shape index (κ1) is 14.8. The molecule has 1 fully saturated rings. The molecule has 1 aromatic rings. The molecular formula is C14H18F3N3. The molecule has 110 valence electrons. The smallest absolute Gasteiger partial charge is 0.312 e. The molecular weight excluding hydrogens is 267 g/mol. The lowest BCUT2D eigenvalue weighted by Crippen LogP contribution is -2.39. The predicted molar refractivity (Wildman–Crippen MR) is 72.4 cm³/mol. The van der Waals surface area contributed by atoms with Gasteiger partial charge in [-0.1, -0.05) is 18.2 Å². The Kier molecular flexibility index (Phi) is 4.65. The lowest BCUT2D eigenvalue weighted by atomic mass is 9.81. The molecule has 20 heavy (non-hydrogen) atoms. The molecule has 0 aliphatic heterocycles. The molecule has 3 nitrogen and oxygen atoms in total. The van der Waals surface area contributed by atoms with Crippen molar-refractivity contribution in [2.75, 3.05) is 0 Å². The molecule has 0 saturated heterocycles. The summed E-state index contributed by atoms with van der Waals surface area (Å²) in [5.41, 5.74) is 3.29. The second-order valence-electron chi connectivity index (χ2n) is 5.07. The van der Waals surface area contributed by atoms with Crippen LogP contribution < -0.4 is 11.3 Å². The molecule has 0 aromatic heterocycles. The van der Waals surface area contributed by atoms with Gasteiger partial charge in [-0.3, -0.25) is 0 Å². The summed E-state index contributed by atoms with van der Waals surface area (Å²) < 4.78 is 37.9. The van der Waals surface area contributed by atoms with E-state index in [-0.39, 0.29) is 18.8 Å². The van der Waals surface area contributed by atoms with Crippen molar-refractivity contribution < 1.29 is 13.2 Å². The second-order valence-corrected chi connectivity index (χ2v) is 5.07. The largest absolute Gasteiger partial charge is 0.391 e. The van der Waals surface area contributed by atoms with E-state index in [1.807, 2.05) is 30.3 Å². The number of alkyl halides is 3. The first-order valence-corrected chi connectivity index (χ1v) is 6.67. The predicted octanol–water partition coefficient (Wildman–Crippen LogP) is 3.55. The zero-order valence-corrected chi connectivity index (χ0v) is 11.0. The van der Waals surface area contributed by atoms with Gasteiger partial charge in [0.2, 0.25) is 0 Å². The fraction of sp³-hybridized carbons (Fsp3) is 0.500. The molecule has 0 spiro atoms. The summed E-state index contributed by atoms with van der Waals surface area (Å²) in [6.07, 6.45) is -2.88. The maximum absolute atomic E-state index is 12.6. The summed E-state index contributed by atoms with van der Waals surface area (Å²) in [5, 5.41) is 0. The number of hydrazine groups is 1. The molecule has 0 amide bonds. The SMILES string of the molecule is NNC(=Nc1ccccc1)C1CCC(C(F)(F)F)CC1. The molecule has 6 heteroatoms. The molecule has 0 bridgehead atoms. The van der Waals surface area contributed by atoms with Gasteiger partial charge in [-0.2, -0.15) is 13.2 Å². The number of benzene rings is 1. The topological polar surface area (TPSA) is 50.4 Å². The highest BCUT2D eigenvalue weighted by molar-refractivity contribution is 5.86. The third-order valence-electron chi connectivity index (χ3n) is 3.73. The maximum Gasteiger partial charge on any atom is 0.391 e. The van der Waals surface area contributed by atoms with Crippen LogP contribution in [-0.2, 0) is 0 Å². The quantitative estimate of drug-likeness (QED) is 0.378. The highest BCUT2D eigenvalue weighted by Crippen LogP contribution is 2.39. The summed E-state index contributed by atoms with van der Waals surface area (Å²) >= 11 is 0. The minimum atomic E-state index is -4.09. The van der Waals surface area contributed by atoms with E-state index in [1.54, 1.807) is 0 Å². The summed E-state index contributed by atoms with van der Waals surface area (Å²) in [6.45, 7) is 0. The minimum absolute atomic E-state index is 0.0289. The third-order valence-corrected chi connectivity index (χ3v) is 3.73. The average Bonchev–Trinajstić information content (AvgIpc) is 2.45. The number of nitrogens with two attached hydrogens (primary N) is 1. The molecule has 1 saturated carbocycles. The van der Waals surface area contributed by atoms with Gasteiger partial charge in [0.05, 0.1) is 11.6 Å². The van der Waals surface area contributed by atoms with Crippen molar-refractivity contribution in [1.82, 2.24) is 5.43 Å². The number of rotatable bonds is 2. The number of amidine groups is 1. The third kappa shape index (κ3) is 3.72. The fourth-order valence-electron chi connectivity index (χ4n) is 2.58. The number of halogens is 3. The van der Waals surface area contributed by atoms with Gasteiger partial charge < -0.3 is 5.43 Å². The van der Waals surface area contributed by atoms with Crippen LogP contribution in [0.3, 0.4) is 0 Å². The molecule has 0 heterocycles. The van der Waals surface area contributed by atoms with E-state index in [0.717, 1.165) is 5.69 Å². The lowest BCUT2D eigenvalue weighted by molar-refractivity contribution is -0.182. The number of hydrogen-bond donors (Lipinski definition) is 2. The summed E-state index contributed by atoms with van der Waals surface area (Å²) in [5.74, 6) is 4.82. The molecule has 3 N–H and O–H groups in total. The summed E-state index contributed by atoms with van der Waals surface area (Å²) in [6, 6.07) is 9.25. The molecule has 1 aromatic carbocycles. The van der Waals surface area contributed by atoms with Crippen LogP contribution in [0.1, 0.15) is 25.7 Å². The van der Waals surface area contributed by atoms with Crippen molar-refractivity contribution in [2.24, 2.45) is 22.7 Å². The van der Waals surface area contributed by atoms with Gasteiger partial charge in [-0.25, -0.2) is 10.8 Å². The van der Waals surface area contributed by atoms with Gasteiger partial charge in [-0.15, -0.1) is 0 Å². The van der Waals surface area contributed by atoms with Gasteiger partial charge in [0.15, 0.2) is 0 Å². The molecule has 0 radical (unpaired) electrons. The zero-order chi connectivity index (χ0) is 14.6. The Labute approximate surface area is 116 Å². The maximum atomic E-state index is 12.6. The highest BCUT2D eigenvalue weighted by Gasteiger charge is 2.42. The van der Waals surface area contributed by atoms with E-state index >= 15 is 0 Å². The van der Waals surface area contributed by atoms with E-state index in [1.165, 1.54) is 0 Å². The van der Waals surface area contributed by atoms with Crippen LogP contribution in [0.25, 0.3) is 0 Å². The van der Waals surface area contributed by atoms with Gasteiger partial charge >= 0.3 is 6.18 Å². The fourth-order valence-corrected chi connectivity index (χ4v) is 2.58. The Morgan fingerprint density at radius 1 is 1.10 bits per heavy atom. The lowest BCUT2D eigenvalue weighted by Gasteiger charge is -2.30. The number of nitrogens with zero attached hydrogens (tertiary/aromatic N) is 1. The second kappa shape index (κ2) is 6.26.